The number of aliphatic hydroxyl groups is 1. The van der Waals surface area contributed by atoms with Crippen molar-refractivity contribution in [3.05, 3.63) is 0 Å². The molecule has 13 heavy (non-hydrogen) atoms. The molecule has 0 bridgehead atoms. The van der Waals surface area contributed by atoms with Crippen LogP contribution in [0.1, 0.15) is 19.8 Å². The van der Waals surface area contributed by atoms with E-state index >= 15 is 0 Å². The van der Waals surface area contributed by atoms with E-state index < -0.39 is 24.2 Å². The third-order valence-electron chi connectivity index (χ3n) is 1.59. The Morgan fingerprint density at radius 2 is 1.92 bits per heavy atom. The first-order valence-electron chi connectivity index (χ1n) is 3.78. The van der Waals surface area contributed by atoms with Crippen LogP contribution >= 0.6 is 0 Å². The van der Waals surface area contributed by atoms with Crippen molar-refractivity contribution in [1.82, 2.24) is 0 Å². The van der Waals surface area contributed by atoms with Gasteiger partial charge in [-0.05, 0) is 6.42 Å². The van der Waals surface area contributed by atoms with Crippen molar-refractivity contribution in [3.8, 4) is 0 Å². The number of rotatable bonds is 4. The highest BCUT2D eigenvalue weighted by Gasteiger charge is 2.49. The Morgan fingerprint density at radius 3 is 2.15 bits per heavy atom. The normalized spacial score (nSPS) is 16.7. The van der Waals surface area contributed by atoms with Gasteiger partial charge in [-0.25, -0.2) is 0 Å². The van der Waals surface area contributed by atoms with Crippen molar-refractivity contribution in [3.63, 3.8) is 0 Å². The van der Waals surface area contributed by atoms with Gasteiger partial charge in [0.1, 0.15) is 0 Å². The van der Waals surface area contributed by atoms with E-state index in [1.54, 1.807) is 6.92 Å². The molecular weight excluding hydrogens is 189 g/mol. The zero-order valence-electron chi connectivity index (χ0n) is 7.01. The standard InChI is InChI=1S/C7H11F3O3/c1-2-3-4(11)5(6(12)13)7(8,9)10/h4-5,11H,2-3H2,1H3,(H,12,13)/t4-,5-/m0/s1. The van der Waals surface area contributed by atoms with Gasteiger partial charge in [-0.3, -0.25) is 4.79 Å². The maximum Gasteiger partial charge on any atom is 0.404 e. The zero-order valence-corrected chi connectivity index (χ0v) is 7.01. The van der Waals surface area contributed by atoms with E-state index in [0.29, 0.717) is 6.42 Å². The summed E-state index contributed by atoms with van der Waals surface area (Å²) in [7, 11) is 0. The molecule has 0 saturated heterocycles. The Bertz CT molecular complexity index is 178. The Balaban J connectivity index is 4.52. The number of carboxylic acid groups (broad SMARTS) is 1. The molecule has 0 aromatic heterocycles. The van der Waals surface area contributed by atoms with Crippen LogP contribution in [0.4, 0.5) is 13.2 Å². The van der Waals surface area contributed by atoms with Crippen LogP contribution in [0.15, 0.2) is 0 Å². The van der Waals surface area contributed by atoms with Crippen molar-refractivity contribution >= 4 is 5.97 Å². The van der Waals surface area contributed by atoms with Crippen molar-refractivity contribution in [2.75, 3.05) is 0 Å². The Kier molecular flexibility index (Phi) is 4.19. The van der Waals surface area contributed by atoms with Crippen LogP contribution < -0.4 is 0 Å². The van der Waals surface area contributed by atoms with E-state index in [2.05, 4.69) is 0 Å². The summed E-state index contributed by atoms with van der Waals surface area (Å²) in [4.78, 5) is 10.2. The predicted octanol–water partition coefficient (Wildman–Crippen LogP) is 1.41. The van der Waals surface area contributed by atoms with Gasteiger partial charge >= 0.3 is 12.1 Å². The van der Waals surface area contributed by atoms with E-state index in [9.17, 15) is 18.0 Å². The van der Waals surface area contributed by atoms with Crippen molar-refractivity contribution in [2.45, 2.75) is 32.0 Å². The molecule has 2 atom stereocenters. The molecule has 0 aliphatic heterocycles. The van der Waals surface area contributed by atoms with Gasteiger partial charge in [0.25, 0.3) is 0 Å². The molecule has 0 radical (unpaired) electrons. The average Bonchev–Trinajstić information content (AvgIpc) is 1.82. The molecule has 0 fully saturated rings. The molecule has 2 N–H and O–H groups in total. The van der Waals surface area contributed by atoms with Crippen LogP contribution in [0.5, 0.6) is 0 Å². The average molecular weight is 200 g/mol. The van der Waals surface area contributed by atoms with Gasteiger partial charge in [-0.15, -0.1) is 0 Å². The number of carbonyl (C=O) groups is 1. The summed E-state index contributed by atoms with van der Waals surface area (Å²) in [5.41, 5.74) is 0. The van der Waals surface area contributed by atoms with Crippen LogP contribution in [0, 0.1) is 5.92 Å². The second-order valence-corrected chi connectivity index (χ2v) is 2.71. The summed E-state index contributed by atoms with van der Waals surface area (Å²) >= 11 is 0. The molecule has 0 aromatic carbocycles. The summed E-state index contributed by atoms with van der Waals surface area (Å²) in [6, 6.07) is 0. The zero-order chi connectivity index (χ0) is 10.6. The first kappa shape index (κ1) is 12.2. The molecule has 0 aliphatic carbocycles. The van der Waals surface area contributed by atoms with Gasteiger partial charge < -0.3 is 10.2 Å². The number of aliphatic carboxylic acids is 1. The minimum Gasteiger partial charge on any atom is -0.481 e. The molecule has 0 saturated carbocycles. The number of alkyl halides is 3. The van der Waals surface area contributed by atoms with E-state index in [-0.39, 0.29) is 6.42 Å². The van der Waals surface area contributed by atoms with Crippen molar-refractivity contribution in [1.29, 1.82) is 0 Å². The lowest BCUT2D eigenvalue weighted by Gasteiger charge is -2.20. The molecule has 0 aliphatic rings. The molecular formula is C7H11F3O3. The molecule has 0 heterocycles. The Labute approximate surface area is 73.2 Å². The molecule has 0 unspecified atom stereocenters. The minimum atomic E-state index is -4.89. The summed E-state index contributed by atoms with van der Waals surface area (Å²) in [6.07, 6.45) is -6.61. The number of hydrogen-bond donors (Lipinski definition) is 2. The van der Waals surface area contributed by atoms with E-state index in [1.807, 2.05) is 0 Å². The highest BCUT2D eigenvalue weighted by atomic mass is 19.4. The van der Waals surface area contributed by atoms with E-state index in [0.717, 1.165) is 0 Å². The third-order valence-corrected chi connectivity index (χ3v) is 1.59. The second-order valence-electron chi connectivity index (χ2n) is 2.71. The number of carboxylic acids is 1. The van der Waals surface area contributed by atoms with Gasteiger partial charge in [-0.1, -0.05) is 13.3 Å². The highest BCUT2D eigenvalue weighted by Crippen LogP contribution is 2.30. The van der Waals surface area contributed by atoms with Crippen LogP contribution in [-0.4, -0.2) is 28.5 Å². The Hall–Kier alpha value is -0.780. The maximum absolute atomic E-state index is 12.0. The molecule has 0 aromatic rings. The molecule has 0 rings (SSSR count). The monoisotopic (exact) mass is 200 g/mol. The SMILES string of the molecule is CCC[C@H](O)[C@@H](C(=O)O)C(F)(F)F. The summed E-state index contributed by atoms with van der Waals surface area (Å²) in [5.74, 6) is -4.71. The fourth-order valence-electron chi connectivity index (χ4n) is 0.985. The first-order chi connectivity index (χ1) is 5.80. The van der Waals surface area contributed by atoms with Crippen LogP contribution in [-0.2, 0) is 4.79 Å². The van der Waals surface area contributed by atoms with Crippen molar-refractivity contribution < 1.29 is 28.2 Å². The quantitative estimate of drug-likeness (QED) is 0.721. The van der Waals surface area contributed by atoms with Crippen LogP contribution in [0.2, 0.25) is 0 Å². The van der Waals surface area contributed by atoms with Gasteiger partial charge in [0.2, 0.25) is 0 Å². The largest absolute Gasteiger partial charge is 0.481 e. The topological polar surface area (TPSA) is 57.5 Å². The molecule has 78 valence electrons. The molecule has 0 spiro atoms. The second kappa shape index (κ2) is 4.45. The van der Waals surface area contributed by atoms with Gasteiger partial charge in [0, 0.05) is 0 Å². The van der Waals surface area contributed by atoms with Crippen LogP contribution in [0.25, 0.3) is 0 Å². The maximum atomic E-state index is 12.0. The van der Waals surface area contributed by atoms with E-state index in [1.165, 1.54) is 0 Å². The third kappa shape index (κ3) is 3.63. The van der Waals surface area contributed by atoms with Crippen molar-refractivity contribution in [2.24, 2.45) is 5.92 Å². The smallest absolute Gasteiger partial charge is 0.404 e. The molecule has 3 nitrogen and oxygen atoms in total. The fourth-order valence-corrected chi connectivity index (χ4v) is 0.985. The van der Waals surface area contributed by atoms with Gasteiger partial charge in [0.05, 0.1) is 6.10 Å². The molecule has 0 amide bonds. The highest BCUT2D eigenvalue weighted by molar-refractivity contribution is 5.71. The first-order valence-corrected chi connectivity index (χ1v) is 3.78. The van der Waals surface area contributed by atoms with Gasteiger partial charge in [0.15, 0.2) is 5.92 Å². The summed E-state index contributed by atoms with van der Waals surface area (Å²) < 4.78 is 36.0. The lowest BCUT2D eigenvalue weighted by molar-refractivity contribution is -0.211. The number of hydrogen-bond acceptors (Lipinski definition) is 2. The lowest BCUT2D eigenvalue weighted by Crippen LogP contribution is -2.40. The van der Waals surface area contributed by atoms with Gasteiger partial charge in [-0.2, -0.15) is 13.2 Å². The fraction of sp³-hybridized carbons (Fsp3) is 0.857. The Morgan fingerprint density at radius 1 is 1.46 bits per heavy atom. The molecule has 6 heteroatoms. The lowest BCUT2D eigenvalue weighted by atomic mass is 9.98. The summed E-state index contributed by atoms with van der Waals surface area (Å²) in [5, 5.41) is 17.1. The minimum absolute atomic E-state index is 0.170. The van der Waals surface area contributed by atoms with E-state index in [4.69, 9.17) is 10.2 Å². The number of halogens is 3. The summed E-state index contributed by atoms with van der Waals surface area (Å²) in [6.45, 7) is 1.57. The van der Waals surface area contributed by atoms with Crippen LogP contribution in [0.3, 0.4) is 0 Å². The predicted molar refractivity (Wildman–Crippen MR) is 38.1 cm³/mol. The number of aliphatic hydroxyl groups excluding tert-OH is 1.